The molecule has 1 aliphatic heterocycles. The zero-order valence-corrected chi connectivity index (χ0v) is 14.2. The Hall–Kier alpha value is -2.02. The van der Waals surface area contributed by atoms with E-state index in [0.717, 1.165) is 36.5 Å². The highest BCUT2D eigenvalue weighted by molar-refractivity contribution is 8.00. The Bertz CT molecular complexity index is 681. The van der Waals surface area contributed by atoms with E-state index in [1.54, 1.807) is 36.0 Å². The summed E-state index contributed by atoms with van der Waals surface area (Å²) < 4.78 is 40.4. The molecule has 0 radical (unpaired) electrons. The lowest BCUT2D eigenvalue weighted by Crippen LogP contribution is -2.34. The van der Waals surface area contributed by atoms with Crippen molar-refractivity contribution < 1.29 is 23.0 Å². The van der Waals surface area contributed by atoms with Gasteiger partial charge >= 0.3 is 6.36 Å². The molecule has 0 spiro atoms. The molecule has 25 heavy (non-hydrogen) atoms. The van der Waals surface area contributed by atoms with Crippen LogP contribution in [-0.4, -0.2) is 29.8 Å². The fraction of sp³-hybridized carbons (Fsp3) is 0.333. The number of phenolic OH excluding ortho intramolecular Hbond substituents is 1. The van der Waals surface area contributed by atoms with E-state index in [0.29, 0.717) is 5.25 Å². The number of rotatable bonds is 4. The molecule has 134 valence electrons. The molecule has 1 N–H and O–H groups in total. The summed E-state index contributed by atoms with van der Waals surface area (Å²) in [4.78, 5) is 3.22. The molecule has 2 aromatic carbocycles. The number of nitrogens with zero attached hydrogens (tertiary/aromatic N) is 1. The first-order valence-electron chi connectivity index (χ1n) is 7.95. The van der Waals surface area contributed by atoms with Crippen molar-refractivity contribution >= 4 is 17.4 Å². The van der Waals surface area contributed by atoms with Gasteiger partial charge in [0.05, 0.1) is 0 Å². The fourth-order valence-electron chi connectivity index (χ4n) is 2.81. The molecule has 0 unspecified atom stereocenters. The van der Waals surface area contributed by atoms with Gasteiger partial charge in [0.2, 0.25) is 0 Å². The standard InChI is InChI=1S/C18H18F3NO2S/c19-18(20,21)24-15-5-7-16(8-6-15)25-17-9-11-22(12-10-17)13-1-3-14(23)4-2-13/h1-8,17,23H,9-12H2. The minimum Gasteiger partial charge on any atom is -0.508 e. The summed E-state index contributed by atoms with van der Waals surface area (Å²) in [6.07, 6.45) is -2.67. The molecule has 0 saturated carbocycles. The summed E-state index contributed by atoms with van der Waals surface area (Å²) >= 11 is 1.69. The Morgan fingerprint density at radius 1 is 0.960 bits per heavy atom. The van der Waals surface area contributed by atoms with Crippen LogP contribution in [0.1, 0.15) is 12.8 Å². The van der Waals surface area contributed by atoms with E-state index in [4.69, 9.17) is 0 Å². The van der Waals surface area contributed by atoms with Crippen LogP contribution in [0, 0.1) is 0 Å². The van der Waals surface area contributed by atoms with E-state index in [9.17, 15) is 18.3 Å². The normalized spacial score (nSPS) is 16.0. The summed E-state index contributed by atoms with van der Waals surface area (Å²) in [7, 11) is 0. The second-order valence-corrected chi connectivity index (χ2v) is 7.21. The number of thioether (sulfide) groups is 1. The van der Waals surface area contributed by atoms with Crippen LogP contribution >= 0.6 is 11.8 Å². The Morgan fingerprint density at radius 2 is 1.56 bits per heavy atom. The Kier molecular flexibility index (Phi) is 5.32. The highest BCUT2D eigenvalue weighted by Gasteiger charge is 2.31. The van der Waals surface area contributed by atoms with E-state index in [1.807, 2.05) is 12.1 Å². The zero-order chi connectivity index (χ0) is 17.9. The average Bonchev–Trinajstić information content (AvgIpc) is 2.57. The molecule has 1 saturated heterocycles. The smallest absolute Gasteiger partial charge is 0.508 e. The van der Waals surface area contributed by atoms with Gasteiger partial charge in [0, 0.05) is 28.9 Å². The van der Waals surface area contributed by atoms with Gasteiger partial charge in [-0.15, -0.1) is 24.9 Å². The molecule has 2 aromatic rings. The number of anilines is 1. The summed E-state index contributed by atoms with van der Waals surface area (Å²) in [6, 6.07) is 13.2. The number of benzene rings is 2. The van der Waals surface area contributed by atoms with Crippen molar-refractivity contribution in [1.82, 2.24) is 0 Å². The number of piperidine rings is 1. The van der Waals surface area contributed by atoms with Gasteiger partial charge < -0.3 is 14.7 Å². The van der Waals surface area contributed by atoms with Crippen molar-refractivity contribution in [2.75, 3.05) is 18.0 Å². The lowest BCUT2D eigenvalue weighted by atomic mass is 10.1. The van der Waals surface area contributed by atoms with E-state index in [-0.39, 0.29) is 11.5 Å². The van der Waals surface area contributed by atoms with Crippen molar-refractivity contribution in [3.05, 3.63) is 48.5 Å². The van der Waals surface area contributed by atoms with Gasteiger partial charge in [-0.2, -0.15) is 0 Å². The third-order valence-corrected chi connectivity index (χ3v) is 5.37. The van der Waals surface area contributed by atoms with E-state index < -0.39 is 6.36 Å². The highest BCUT2D eigenvalue weighted by atomic mass is 32.2. The van der Waals surface area contributed by atoms with Crippen molar-refractivity contribution in [3.63, 3.8) is 0 Å². The molecule has 0 atom stereocenters. The third-order valence-electron chi connectivity index (χ3n) is 4.02. The Labute approximate surface area is 148 Å². The molecule has 1 aliphatic rings. The second kappa shape index (κ2) is 7.47. The molecule has 1 heterocycles. The molecule has 0 aliphatic carbocycles. The predicted octanol–water partition coefficient (Wildman–Crippen LogP) is 5.05. The predicted molar refractivity (Wildman–Crippen MR) is 92.3 cm³/mol. The monoisotopic (exact) mass is 369 g/mol. The number of ether oxygens (including phenoxy) is 1. The SMILES string of the molecule is Oc1ccc(N2CCC(Sc3ccc(OC(F)(F)F)cc3)CC2)cc1. The zero-order valence-electron chi connectivity index (χ0n) is 13.4. The first kappa shape index (κ1) is 17.8. The minimum absolute atomic E-state index is 0.195. The summed E-state index contributed by atoms with van der Waals surface area (Å²) in [6.45, 7) is 1.83. The molecule has 3 rings (SSSR count). The van der Waals surface area contributed by atoms with Gasteiger partial charge in [-0.05, 0) is 61.4 Å². The molecule has 1 fully saturated rings. The first-order chi connectivity index (χ1) is 11.9. The quantitative estimate of drug-likeness (QED) is 0.817. The summed E-state index contributed by atoms with van der Waals surface area (Å²) in [5, 5.41) is 9.78. The van der Waals surface area contributed by atoms with Crippen LogP contribution in [0.3, 0.4) is 0 Å². The number of hydrogen-bond donors (Lipinski definition) is 1. The van der Waals surface area contributed by atoms with Gasteiger partial charge in [0.25, 0.3) is 0 Å². The van der Waals surface area contributed by atoms with Crippen LogP contribution < -0.4 is 9.64 Å². The van der Waals surface area contributed by atoms with Crippen LogP contribution in [0.15, 0.2) is 53.4 Å². The van der Waals surface area contributed by atoms with Crippen molar-refractivity contribution in [2.24, 2.45) is 0 Å². The molecule has 3 nitrogen and oxygen atoms in total. The highest BCUT2D eigenvalue weighted by Crippen LogP contribution is 2.33. The number of phenols is 1. The van der Waals surface area contributed by atoms with Crippen molar-refractivity contribution in [2.45, 2.75) is 29.3 Å². The molecule has 0 aromatic heterocycles. The summed E-state index contributed by atoms with van der Waals surface area (Å²) in [5.41, 5.74) is 1.09. The molecular weight excluding hydrogens is 351 g/mol. The van der Waals surface area contributed by atoms with Crippen LogP contribution in [0.5, 0.6) is 11.5 Å². The van der Waals surface area contributed by atoms with Crippen LogP contribution in [0.4, 0.5) is 18.9 Å². The fourth-order valence-corrected chi connectivity index (χ4v) is 3.93. The van der Waals surface area contributed by atoms with E-state index in [1.165, 1.54) is 12.1 Å². The number of halogens is 3. The third kappa shape index (κ3) is 5.22. The van der Waals surface area contributed by atoms with E-state index in [2.05, 4.69) is 9.64 Å². The lowest BCUT2D eigenvalue weighted by Gasteiger charge is -2.33. The average molecular weight is 369 g/mol. The van der Waals surface area contributed by atoms with Crippen LogP contribution in [0.25, 0.3) is 0 Å². The summed E-state index contributed by atoms with van der Waals surface area (Å²) in [5.74, 6) is 0.0612. The maximum atomic E-state index is 12.2. The maximum Gasteiger partial charge on any atom is 0.573 e. The maximum absolute atomic E-state index is 12.2. The van der Waals surface area contributed by atoms with Crippen LogP contribution in [-0.2, 0) is 0 Å². The van der Waals surface area contributed by atoms with Crippen molar-refractivity contribution in [1.29, 1.82) is 0 Å². The minimum atomic E-state index is -4.66. The first-order valence-corrected chi connectivity index (χ1v) is 8.83. The number of hydrogen-bond acceptors (Lipinski definition) is 4. The second-order valence-electron chi connectivity index (χ2n) is 5.84. The molecule has 0 bridgehead atoms. The van der Waals surface area contributed by atoms with Crippen molar-refractivity contribution in [3.8, 4) is 11.5 Å². The lowest BCUT2D eigenvalue weighted by molar-refractivity contribution is -0.274. The number of alkyl halides is 3. The van der Waals surface area contributed by atoms with Gasteiger partial charge in [0.15, 0.2) is 0 Å². The number of aromatic hydroxyl groups is 1. The van der Waals surface area contributed by atoms with E-state index >= 15 is 0 Å². The Balaban J connectivity index is 1.51. The van der Waals surface area contributed by atoms with Gasteiger partial charge in [-0.25, -0.2) is 0 Å². The van der Waals surface area contributed by atoms with Gasteiger partial charge in [-0.1, -0.05) is 0 Å². The van der Waals surface area contributed by atoms with Gasteiger partial charge in [0.1, 0.15) is 11.5 Å². The largest absolute Gasteiger partial charge is 0.573 e. The topological polar surface area (TPSA) is 32.7 Å². The van der Waals surface area contributed by atoms with Gasteiger partial charge in [-0.3, -0.25) is 0 Å². The molecule has 0 amide bonds. The van der Waals surface area contributed by atoms with Crippen LogP contribution in [0.2, 0.25) is 0 Å². The molecular formula is C18H18F3NO2S. The Morgan fingerprint density at radius 3 is 2.12 bits per heavy atom. The molecule has 7 heteroatoms.